The van der Waals surface area contributed by atoms with Gasteiger partial charge < -0.3 is 10.0 Å². The number of hydrogen-bond acceptors (Lipinski definition) is 2. The van der Waals surface area contributed by atoms with Crippen LogP contribution < -0.4 is 0 Å². The summed E-state index contributed by atoms with van der Waals surface area (Å²) in [6.45, 7) is 8.19. The van der Waals surface area contributed by atoms with Gasteiger partial charge in [-0.3, -0.25) is 4.79 Å². The first kappa shape index (κ1) is 13.0. The van der Waals surface area contributed by atoms with Crippen molar-refractivity contribution in [2.24, 2.45) is 0 Å². The summed E-state index contributed by atoms with van der Waals surface area (Å²) in [6, 6.07) is 6.85. The molecule has 0 saturated heterocycles. The van der Waals surface area contributed by atoms with E-state index in [4.69, 9.17) is 0 Å². The van der Waals surface area contributed by atoms with Crippen LogP contribution in [0.4, 0.5) is 0 Å². The van der Waals surface area contributed by atoms with Crippen LogP contribution in [0.5, 0.6) is 5.75 Å². The first-order chi connectivity index (χ1) is 8.19. The number of carbonyl (C=O) groups is 1. The van der Waals surface area contributed by atoms with Crippen LogP contribution in [-0.2, 0) is 11.2 Å². The summed E-state index contributed by atoms with van der Waals surface area (Å²) in [5.41, 5.74) is 0.635. The molecule has 0 fully saturated rings. The number of hydrogen-bond donors (Lipinski definition) is 1. The molecule has 0 spiro atoms. The molecule has 0 aliphatic heterocycles. The molecule has 1 rings (SSSR count). The van der Waals surface area contributed by atoms with Gasteiger partial charge in [0.25, 0.3) is 0 Å². The predicted octanol–water partition coefficient (Wildman–Crippen LogP) is 2.14. The molecular formula is C14H17NO2. The molecule has 0 aliphatic carbocycles. The lowest BCUT2D eigenvalue weighted by Crippen LogP contribution is -2.32. The molecule has 0 saturated carbocycles. The number of benzene rings is 1. The molecule has 1 aromatic rings. The molecule has 0 aromatic heterocycles. The Kier molecular flexibility index (Phi) is 5.01. The Morgan fingerprint density at radius 2 is 1.82 bits per heavy atom. The van der Waals surface area contributed by atoms with Crippen molar-refractivity contribution in [2.45, 2.75) is 6.42 Å². The minimum Gasteiger partial charge on any atom is -0.508 e. The molecule has 0 heterocycles. The van der Waals surface area contributed by atoms with Crippen molar-refractivity contribution in [3.8, 4) is 5.75 Å². The number of amides is 1. The molecule has 0 radical (unpaired) electrons. The van der Waals surface area contributed by atoms with Crippen LogP contribution in [-0.4, -0.2) is 29.0 Å². The molecule has 17 heavy (non-hydrogen) atoms. The summed E-state index contributed by atoms with van der Waals surface area (Å²) in [5, 5.41) is 9.59. The van der Waals surface area contributed by atoms with Crippen LogP contribution in [0.3, 0.4) is 0 Å². The Morgan fingerprint density at radius 1 is 1.24 bits per heavy atom. The maximum Gasteiger partial charge on any atom is 0.227 e. The van der Waals surface area contributed by atoms with Crippen molar-refractivity contribution >= 4 is 5.91 Å². The van der Waals surface area contributed by atoms with E-state index < -0.39 is 0 Å². The lowest BCUT2D eigenvalue weighted by molar-refractivity contribution is -0.129. The van der Waals surface area contributed by atoms with E-state index in [-0.39, 0.29) is 18.1 Å². The monoisotopic (exact) mass is 231 g/mol. The Morgan fingerprint density at radius 3 is 2.35 bits per heavy atom. The average molecular weight is 231 g/mol. The van der Waals surface area contributed by atoms with Gasteiger partial charge in [0.1, 0.15) is 5.75 Å². The smallest absolute Gasteiger partial charge is 0.227 e. The lowest BCUT2D eigenvalue weighted by atomic mass is 10.1. The number of para-hydroxylation sites is 1. The molecule has 1 aromatic carbocycles. The van der Waals surface area contributed by atoms with Crippen molar-refractivity contribution in [1.82, 2.24) is 4.90 Å². The maximum atomic E-state index is 12.0. The fourth-order valence-corrected chi connectivity index (χ4v) is 1.52. The van der Waals surface area contributed by atoms with E-state index in [1.807, 2.05) is 0 Å². The highest BCUT2D eigenvalue weighted by Crippen LogP contribution is 2.16. The van der Waals surface area contributed by atoms with Crippen LogP contribution in [0.2, 0.25) is 0 Å². The standard InChI is InChI=1S/C14H17NO2/c1-3-9-15(10-4-2)14(17)11-12-7-5-6-8-13(12)16/h3-8,16H,1-2,9-11H2. The third-order valence-corrected chi connectivity index (χ3v) is 2.38. The summed E-state index contributed by atoms with van der Waals surface area (Å²) in [7, 11) is 0. The van der Waals surface area contributed by atoms with Gasteiger partial charge in [0, 0.05) is 18.7 Å². The van der Waals surface area contributed by atoms with Gasteiger partial charge in [-0.2, -0.15) is 0 Å². The summed E-state index contributed by atoms with van der Waals surface area (Å²) in [4.78, 5) is 13.6. The number of nitrogens with zero attached hydrogens (tertiary/aromatic N) is 1. The molecule has 3 nitrogen and oxygen atoms in total. The zero-order valence-electron chi connectivity index (χ0n) is 9.80. The number of aromatic hydroxyl groups is 1. The number of phenolic OH excluding ortho intramolecular Hbond substituents is 1. The summed E-state index contributed by atoms with van der Waals surface area (Å²) < 4.78 is 0. The Bertz CT molecular complexity index is 402. The lowest BCUT2D eigenvalue weighted by Gasteiger charge is -2.19. The van der Waals surface area contributed by atoms with Gasteiger partial charge in [-0.1, -0.05) is 30.4 Å². The van der Waals surface area contributed by atoms with Gasteiger partial charge >= 0.3 is 0 Å². The normalized spacial score (nSPS) is 9.65. The van der Waals surface area contributed by atoms with Crippen LogP contribution in [0.1, 0.15) is 5.56 Å². The van der Waals surface area contributed by atoms with Gasteiger partial charge in [0.05, 0.1) is 6.42 Å². The summed E-state index contributed by atoms with van der Waals surface area (Å²) in [6.07, 6.45) is 3.53. The molecule has 0 unspecified atom stereocenters. The summed E-state index contributed by atoms with van der Waals surface area (Å²) in [5.74, 6) is 0.101. The number of carbonyl (C=O) groups excluding carboxylic acids is 1. The number of rotatable bonds is 6. The molecule has 0 aliphatic rings. The van der Waals surface area contributed by atoms with E-state index >= 15 is 0 Å². The minimum atomic E-state index is -0.0497. The van der Waals surface area contributed by atoms with E-state index in [2.05, 4.69) is 13.2 Å². The van der Waals surface area contributed by atoms with Crippen molar-refractivity contribution in [1.29, 1.82) is 0 Å². The maximum absolute atomic E-state index is 12.0. The highest BCUT2D eigenvalue weighted by Gasteiger charge is 2.12. The SMILES string of the molecule is C=CCN(CC=C)C(=O)Cc1ccccc1O. The molecular weight excluding hydrogens is 214 g/mol. The Balaban J connectivity index is 2.72. The van der Waals surface area contributed by atoms with Gasteiger partial charge in [-0.05, 0) is 6.07 Å². The zero-order chi connectivity index (χ0) is 12.7. The van der Waals surface area contributed by atoms with Crippen molar-refractivity contribution < 1.29 is 9.90 Å². The topological polar surface area (TPSA) is 40.5 Å². The minimum absolute atomic E-state index is 0.0497. The second-order valence-corrected chi connectivity index (χ2v) is 3.68. The second kappa shape index (κ2) is 6.53. The van der Waals surface area contributed by atoms with Crippen LogP contribution in [0.25, 0.3) is 0 Å². The average Bonchev–Trinajstić information content (AvgIpc) is 2.32. The molecule has 3 heteroatoms. The van der Waals surface area contributed by atoms with Crippen molar-refractivity contribution in [3.05, 3.63) is 55.1 Å². The quantitative estimate of drug-likeness (QED) is 0.762. The third-order valence-electron chi connectivity index (χ3n) is 2.38. The first-order valence-corrected chi connectivity index (χ1v) is 5.45. The highest BCUT2D eigenvalue weighted by molar-refractivity contribution is 5.79. The Hall–Kier alpha value is -2.03. The van der Waals surface area contributed by atoms with Gasteiger partial charge in [-0.25, -0.2) is 0 Å². The second-order valence-electron chi connectivity index (χ2n) is 3.68. The van der Waals surface area contributed by atoms with Crippen LogP contribution in [0.15, 0.2) is 49.6 Å². The number of phenols is 1. The highest BCUT2D eigenvalue weighted by atomic mass is 16.3. The van der Waals surface area contributed by atoms with E-state index in [1.54, 1.807) is 41.3 Å². The molecule has 0 atom stereocenters. The molecule has 90 valence electrons. The predicted molar refractivity (Wildman–Crippen MR) is 68.8 cm³/mol. The molecule has 0 bridgehead atoms. The van der Waals surface area contributed by atoms with Crippen molar-refractivity contribution in [3.63, 3.8) is 0 Å². The van der Waals surface area contributed by atoms with Gasteiger partial charge in [0.15, 0.2) is 0 Å². The third kappa shape index (κ3) is 3.79. The molecule has 1 amide bonds. The van der Waals surface area contributed by atoms with Crippen molar-refractivity contribution in [2.75, 3.05) is 13.1 Å². The van der Waals surface area contributed by atoms with E-state index in [1.165, 1.54) is 0 Å². The van der Waals surface area contributed by atoms with Crippen LogP contribution in [0, 0.1) is 0 Å². The van der Waals surface area contributed by atoms with E-state index in [9.17, 15) is 9.90 Å². The fourth-order valence-electron chi connectivity index (χ4n) is 1.52. The largest absolute Gasteiger partial charge is 0.508 e. The van der Waals surface area contributed by atoms with Crippen LogP contribution >= 0.6 is 0 Å². The van der Waals surface area contributed by atoms with E-state index in [0.717, 1.165) is 0 Å². The van der Waals surface area contributed by atoms with Gasteiger partial charge in [0.2, 0.25) is 5.91 Å². The van der Waals surface area contributed by atoms with Gasteiger partial charge in [-0.15, -0.1) is 13.2 Å². The first-order valence-electron chi connectivity index (χ1n) is 5.45. The van der Waals surface area contributed by atoms with E-state index in [0.29, 0.717) is 18.7 Å². The Labute approximate surface area is 102 Å². The summed E-state index contributed by atoms with van der Waals surface area (Å²) >= 11 is 0. The zero-order valence-corrected chi connectivity index (χ0v) is 9.80. The fraction of sp³-hybridized carbons (Fsp3) is 0.214. The molecule has 1 N–H and O–H groups in total.